The standard InChI is InChI=1S/C16H17NO5S/c1-21-13-6-2-5-12(15(13)19)16(20)22-10-14(18)17-8-7-11-4-3-9-23-11/h2-6,9,19H,7-8,10H2,1H3,(H,17,18). The van der Waals surface area contributed by atoms with Gasteiger partial charge in [-0.15, -0.1) is 11.3 Å². The molecule has 0 aliphatic carbocycles. The highest BCUT2D eigenvalue weighted by Gasteiger charge is 2.17. The number of hydrogen-bond donors (Lipinski definition) is 2. The Labute approximate surface area is 137 Å². The summed E-state index contributed by atoms with van der Waals surface area (Å²) in [7, 11) is 1.38. The van der Waals surface area contributed by atoms with E-state index < -0.39 is 18.5 Å². The minimum absolute atomic E-state index is 0.0456. The molecule has 1 aromatic heterocycles. The molecule has 0 bridgehead atoms. The third-order valence-corrected chi connectivity index (χ3v) is 3.98. The molecule has 1 heterocycles. The van der Waals surface area contributed by atoms with E-state index in [4.69, 9.17) is 9.47 Å². The monoisotopic (exact) mass is 335 g/mol. The summed E-state index contributed by atoms with van der Waals surface area (Å²) in [6.07, 6.45) is 0.730. The smallest absolute Gasteiger partial charge is 0.342 e. The van der Waals surface area contributed by atoms with E-state index >= 15 is 0 Å². The van der Waals surface area contributed by atoms with Gasteiger partial charge in [-0.1, -0.05) is 12.1 Å². The van der Waals surface area contributed by atoms with Crippen molar-refractivity contribution in [2.45, 2.75) is 6.42 Å². The Hall–Kier alpha value is -2.54. The number of hydrogen-bond acceptors (Lipinski definition) is 6. The predicted molar refractivity (Wildman–Crippen MR) is 86.0 cm³/mol. The van der Waals surface area contributed by atoms with Crippen molar-refractivity contribution in [1.29, 1.82) is 0 Å². The molecule has 23 heavy (non-hydrogen) atoms. The molecular formula is C16H17NO5S. The highest BCUT2D eigenvalue weighted by atomic mass is 32.1. The number of methoxy groups -OCH3 is 1. The van der Waals surface area contributed by atoms with E-state index in [1.54, 1.807) is 17.4 Å². The van der Waals surface area contributed by atoms with E-state index in [2.05, 4.69) is 5.32 Å². The topological polar surface area (TPSA) is 84.9 Å². The Balaban J connectivity index is 1.78. The van der Waals surface area contributed by atoms with Crippen molar-refractivity contribution in [3.8, 4) is 11.5 Å². The first kappa shape index (κ1) is 16.8. The highest BCUT2D eigenvalue weighted by molar-refractivity contribution is 7.09. The van der Waals surface area contributed by atoms with Gasteiger partial charge in [0.2, 0.25) is 0 Å². The molecule has 0 radical (unpaired) electrons. The fourth-order valence-corrected chi connectivity index (χ4v) is 2.60. The molecule has 122 valence electrons. The van der Waals surface area contributed by atoms with Crippen molar-refractivity contribution in [3.05, 3.63) is 46.2 Å². The van der Waals surface area contributed by atoms with Crippen LogP contribution in [0.5, 0.6) is 11.5 Å². The summed E-state index contributed by atoms with van der Waals surface area (Å²) in [6, 6.07) is 8.40. The van der Waals surface area contributed by atoms with Gasteiger partial charge in [0, 0.05) is 11.4 Å². The summed E-state index contributed by atoms with van der Waals surface area (Å²) >= 11 is 1.62. The summed E-state index contributed by atoms with van der Waals surface area (Å²) in [6.45, 7) is 0.0707. The average Bonchev–Trinajstić information content (AvgIpc) is 3.06. The summed E-state index contributed by atoms with van der Waals surface area (Å²) in [5.41, 5.74) is -0.0456. The molecule has 0 saturated heterocycles. The number of nitrogens with one attached hydrogen (secondary N) is 1. The number of phenols is 1. The van der Waals surface area contributed by atoms with Gasteiger partial charge in [0.05, 0.1) is 7.11 Å². The second kappa shape index (κ2) is 8.19. The maximum atomic E-state index is 11.9. The molecule has 2 rings (SSSR count). The van der Waals surface area contributed by atoms with Crippen LogP contribution in [0.15, 0.2) is 35.7 Å². The third kappa shape index (κ3) is 4.72. The van der Waals surface area contributed by atoms with Crippen LogP contribution >= 0.6 is 11.3 Å². The van der Waals surface area contributed by atoms with Crippen LogP contribution in [0, 0.1) is 0 Å². The van der Waals surface area contributed by atoms with Gasteiger partial charge in [-0.25, -0.2) is 4.79 Å². The first-order valence-corrected chi connectivity index (χ1v) is 7.82. The fourth-order valence-electron chi connectivity index (χ4n) is 1.89. The molecule has 6 nitrogen and oxygen atoms in total. The van der Waals surface area contributed by atoms with E-state index in [-0.39, 0.29) is 17.1 Å². The highest BCUT2D eigenvalue weighted by Crippen LogP contribution is 2.29. The number of thiophene rings is 1. The Kier molecular flexibility index (Phi) is 5.99. The minimum atomic E-state index is -0.783. The lowest BCUT2D eigenvalue weighted by atomic mass is 10.2. The van der Waals surface area contributed by atoms with Crippen molar-refractivity contribution < 1.29 is 24.2 Å². The molecular weight excluding hydrogens is 318 g/mol. The summed E-state index contributed by atoms with van der Waals surface area (Å²) in [4.78, 5) is 24.7. The van der Waals surface area contributed by atoms with Gasteiger partial charge >= 0.3 is 5.97 Å². The van der Waals surface area contributed by atoms with Gasteiger partial charge in [-0.05, 0) is 30.0 Å². The fraction of sp³-hybridized carbons (Fsp3) is 0.250. The summed E-state index contributed by atoms with van der Waals surface area (Å²) in [5.74, 6) is -1.31. The molecule has 1 amide bonds. The van der Waals surface area contributed by atoms with Crippen molar-refractivity contribution in [2.75, 3.05) is 20.3 Å². The Morgan fingerprint density at radius 2 is 2.09 bits per heavy atom. The maximum Gasteiger partial charge on any atom is 0.342 e. The predicted octanol–water partition coefficient (Wildman–Crippen LogP) is 1.98. The van der Waals surface area contributed by atoms with E-state index in [0.717, 1.165) is 6.42 Å². The molecule has 0 fully saturated rings. The van der Waals surface area contributed by atoms with Crippen LogP contribution in [0.3, 0.4) is 0 Å². The quantitative estimate of drug-likeness (QED) is 0.756. The molecule has 0 atom stereocenters. The van der Waals surface area contributed by atoms with Crippen LogP contribution in [0.25, 0.3) is 0 Å². The van der Waals surface area contributed by atoms with E-state index in [9.17, 15) is 14.7 Å². The molecule has 1 aromatic carbocycles. The molecule has 0 unspecified atom stereocenters. The van der Waals surface area contributed by atoms with Crippen LogP contribution in [0.1, 0.15) is 15.2 Å². The van der Waals surface area contributed by atoms with Crippen molar-refractivity contribution in [3.63, 3.8) is 0 Å². The SMILES string of the molecule is COc1cccc(C(=O)OCC(=O)NCCc2cccs2)c1O. The first-order chi connectivity index (χ1) is 11.1. The Morgan fingerprint density at radius 3 is 2.78 bits per heavy atom. The third-order valence-electron chi connectivity index (χ3n) is 3.05. The number of carbonyl (C=O) groups is 2. The zero-order valence-electron chi connectivity index (χ0n) is 12.6. The van der Waals surface area contributed by atoms with Crippen molar-refractivity contribution in [2.24, 2.45) is 0 Å². The molecule has 2 aromatic rings. The lowest BCUT2D eigenvalue weighted by Gasteiger charge is -2.09. The van der Waals surface area contributed by atoms with E-state index in [1.165, 1.54) is 24.1 Å². The maximum absolute atomic E-state index is 11.9. The minimum Gasteiger partial charge on any atom is -0.504 e. The molecule has 0 saturated carbocycles. The number of phenolic OH excluding ortho intramolecular Hbond substituents is 1. The second-order valence-electron chi connectivity index (χ2n) is 4.61. The van der Waals surface area contributed by atoms with Crippen molar-refractivity contribution in [1.82, 2.24) is 5.32 Å². The zero-order valence-corrected chi connectivity index (χ0v) is 13.4. The van der Waals surface area contributed by atoms with Crippen LogP contribution in [0.2, 0.25) is 0 Å². The first-order valence-electron chi connectivity index (χ1n) is 6.94. The second-order valence-corrected chi connectivity index (χ2v) is 5.64. The average molecular weight is 335 g/mol. The number of esters is 1. The van der Waals surface area contributed by atoms with Gasteiger partial charge in [0.1, 0.15) is 5.56 Å². The number of benzene rings is 1. The van der Waals surface area contributed by atoms with Crippen LogP contribution in [0.4, 0.5) is 0 Å². The number of amides is 1. The lowest BCUT2D eigenvalue weighted by molar-refractivity contribution is -0.124. The van der Waals surface area contributed by atoms with Crippen molar-refractivity contribution >= 4 is 23.2 Å². The molecule has 0 spiro atoms. The van der Waals surface area contributed by atoms with Gasteiger partial charge in [-0.2, -0.15) is 0 Å². The molecule has 7 heteroatoms. The van der Waals surface area contributed by atoms with Gasteiger partial charge in [0.25, 0.3) is 5.91 Å². The largest absolute Gasteiger partial charge is 0.504 e. The van der Waals surface area contributed by atoms with Crippen LogP contribution in [-0.4, -0.2) is 37.2 Å². The van der Waals surface area contributed by atoms with Gasteiger partial charge in [-0.3, -0.25) is 4.79 Å². The van der Waals surface area contributed by atoms with Gasteiger partial charge in [0.15, 0.2) is 18.1 Å². The number of para-hydroxylation sites is 1. The lowest BCUT2D eigenvalue weighted by Crippen LogP contribution is -2.30. The molecule has 0 aliphatic heterocycles. The van der Waals surface area contributed by atoms with E-state index in [0.29, 0.717) is 6.54 Å². The normalized spacial score (nSPS) is 10.1. The number of ether oxygens (including phenoxy) is 2. The molecule has 2 N–H and O–H groups in total. The Bertz CT molecular complexity index is 669. The zero-order chi connectivity index (χ0) is 16.7. The molecule has 0 aliphatic rings. The Morgan fingerprint density at radius 1 is 1.26 bits per heavy atom. The number of aromatic hydroxyl groups is 1. The van der Waals surface area contributed by atoms with E-state index in [1.807, 2.05) is 17.5 Å². The summed E-state index contributed by atoms with van der Waals surface area (Å²) in [5, 5.41) is 14.5. The summed E-state index contributed by atoms with van der Waals surface area (Å²) < 4.78 is 9.81. The number of rotatable bonds is 7. The van der Waals surface area contributed by atoms with Crippen LogP contribution < -0.4 is 10.1 Å². The van der Waals surface area contributed by atoms with Gasteiger partial charge < -0.3 is 19.9 Å². The van der Waals surface area contributed by atoms with Crippen LogP contribution in [-0.2, 0) is 16.0 Å². The number of carbonyl (C=O) groups excluding carboxylic acids is 2.